The minimum absolute atomic E-state index is 0.203. The van der Waals surface area contributed by atoms with Gasteiger partial charge in [-0.25, -0.2) is 17.5 Å². The molecule has 6 heteroatoms. The second kappa shape index (κ2) is 8.46. The van der Waals surface area contributed by atoms with E-state index in [1.165, 1.54) is 12.1 Å². The van der Waals surface area contributed by atoms with Gasteiger partial charge < -0.3 is 5.32 Å². The Morgan fingerprint density at radius 2 is 1.95 bits per heavy atom. The highest BCUT2D eigenvalue weighted by atomic mass is 32.2. The van der Waals surface area contributed by atoms with Gasteiger partial charge >= 0.3 is 0 Å². The summed E-state index contributed by atoms with van der Waals surface area (Å²) >= 11 is 0. The summed E-state index contributed by atoms with van der Waals surface area (Å²) in [6, 6.07) is 4.05. The Hall–Kier alpha value is -0.980. The maximum Gasteiger partial charge on any atom is 0.243 e. The molecule has 0 heterocycles. The molecule has 0 saturated carbocycles. The summed E-state index contributed by atoms with van der Waals surface area (Å²) in [6.07, 6.45) is 2.59. The zero-order valence-electron chi connectivity index (χ0n) is 12.9. The molecule has 0 saturated heterocycles. The van der Waals surface area contributed by atoms with E-state index in [-0.39, 0.29) is 10.9 Å². The molecule has 4 nitrogen and oxygen atoms in total. The maximum absolute atomic E-state index is 14.0. The Bertz CT molecular complexity index is 547. The first-order valence-corrected chi connectivity index (χ1v) is 8.90. The van der Waals surface area contributed by atoms with E-state index < -0.39 is 15.8 Å². The first-order valence-electron chi connectivity index (χ1n) is 7.42. The smallest absolute Gasteiger partial charge is 0.243 e. The van der Waals surface area contributed by atoms with Crippen molar-refractivity contribution in [2.75, 3.05) is 6.54 Å². The molecule has 1 aromatic carbocycles. The molecule has 0 aliphatic heterocycles. The Morgan fingerprint density at radius 3 is 2.52 bits per heavy atom. The van der Waals surface area contributed by atoms with Gasteiger partial charge in [0.2, 0.25) is 10.0 Å². The molecule has 1 unspecified atom stereocenters. The fraction of sp³-hybridized carbons (Fsp3) is 0.600. The highest BCUT2D eigenvalue weighted by Crippen LogP contribution is 2.17. The summed E-state index contributed by atoms with van der Waals surface area (Å²) in [5.74, 6) is -0.706. The Balaban J connectivity index is 2.83. The fourth-order valence-electron chi connectivity index (χ4n) is 2.10. The minimum atomic E-state index is -3.80. The fourth-order valence-corrected chi connectivity index (χ4v) is 3.44. The van der Waals surface area contributed by atoms with Crippen molar-refractivity contribution >= 4 is 10.0 Å². The number of rotatable bonds is 9. The molecule has 2 N–H and O–H groups in total. The van der Waals surface area contributed by atoms with Crippen LogP contribution in [0.2, 0.25) is 0 Å². The standard InChI is InChI=1S/C15H25FN2O2S/c1-4-6-12(3)18-21(19,20)15-8-7-13(10-14(15)16)11-17-9-5-2/h7-8,10,12,17-18H,4-6,9,11H2,1-3H3. The van der Waals surface area contributed by atoms with Crippen LogP contribution in [0.1, 0.15) is 45.6 Å². The van der Waals surface area contributed by atoms with Crippen molar-refractivity contribution in [3.63, 3.8) is 0 Å². The molecule has 1 atom stereocenters. The Morgan fingerprint density at radius 1 is 1.24 bits per heavy atom. The molecule has 0 fully saturated rings. The Kier molecular flexibility index (Phi) is 7.28. The molecular formula is C15H25FN2O2S. The van der Waals surface area contributed by atoms with Gasteiger partial charge in [0.1, 0.15) is 10.7 Å². The first kappa shape index (κ1) is 18.1. The number of benzene rings is 1. The topological polar surface area (TPSA) is 58.2 Å². The van der Waals surface area contributed by atoms with Crippen molar-refractivity contribution in [1.29, 1.82) is 0 Å². The molecule has 0 spiro atoms. The van der Waals surface area contributed by atoms with Crippen LogP contribution in [0.3, 0.4) is 0 Å². The van der Waals surface area contributed by atoms with Crippen molar-refractivity contribution in [2.45, 2.75) is 57.5 Å². The molecule has 1 rings (SSSR count). The predicted molar refractivity (Wildman–Crippen MR) is 83.1 cm³/mol. The molecule has 0 radical (unpaired) electrons. The summed E-state index contributed by atoms with van der Waals surface area (Å²) in [4.78, 5) is -0.287. The SMILES string of the molecule is CCCNCc1ccc(S(=O)(=O)NC(C)CCC)c(F)c1. The predicted octanol–water partition coefficient (Wildman–Crippen LogP) is 2.79. The quantitative estimate of drug-likeness (QED) is 0.689. The first-order chi connectivity index (χ1) is 9.90. The van der Waals surface area contributed by atoms with Crippen LogP contribution in [0.5, 0.6) is 0 Å². The lowest BCUT2D eigenvalue weighted by molar-refractivity contribution is 0.530. The monoisotopic (exact) mass is 316 g/mol. The van der Waals surface area contributed by atoms with Gasteiger partial charge in [0.05, 0.1) is 0 Å². The van der Waals surface area contributed by atoms with Crippen LogP contribution in [-0.2, 0) is 16.6 Å². The number of halogens is 1. The highest BCUT2D eigenvalue weighted by Gasteiger charge is 2.21. The molecule has 0 aliphatic rings. The summed E-state index contributed by atoms with van der Waals surface area (Å²) in [5.41, 5.74) is 0.738. The molecule has 0 bridgehead atoms. The average Bonchev–Trinajstić information content (AvgIpc) is 2.38. The number of hydrogen-bond acceptors (Lipinski definition) is 3. The molecule has 21 heavy (non-hydrogen) atoms. The average molecular weight is 316 g/mol. The minimum Gasteiger partial charge on any atom is -0.313 e. The van der Waals surface area contributed by atoms with E-state index in [4.69, 9.17) is 0 Å². The van der Waals surface area contributed by atoms with Crippen LogP contribution in [-0.4, -0.2) is 21.0 Å². The van der Waals surface area contributed by atoms with E-state index in [0.717, 1.165) is 31.4 Å². The van der Waals surface area contributed by atoms with Crippen LogP contribution in [0.25, 0.3) is 0 Å². The Labute approximate surface area is 127 Å². The molecule has 0 amide bonds. The van der Waals surface area contributed by atoms with E-state index in [1.807, 2.05) is 13.8 Å². The number of nitrogens with one attached hydrogen (secondary N) is 2. The van der Waals surface area contributed by atoms with Crippen LogP contribution < -0.4 is 10.0 Å². The van der Waals surface area contributed by atoms with Crippen molar-refractivity contribution < 1.29 is 12.8 Å². The van der Waals surface area contributed by atoms with Crippen molar-refractivity contribution in [1.82, 2.24) is 10.0 Å². The molecular weight excluding hydrogens is 291 g/mol. The summed E-state index contributed by atoms with van der Waals surface area (Å²) in [6.45, 7) is 7.18. The zero-order valence-corrected chi connectivity index (χ0v) is 13.8. The lowest BCUT2D eigenvalue weighted by Gasteiger charge is -2.14. The maximum atomic E-state index is 14.0. The van der Waals surface area contributed by atoms with Gasteiger partial charge in [-0.1, -0.05) is 26.3 Å². The van der Waals surface area contributed by atoms with Crippen LogP contribution >= 0.6 is 0 Å². The van der Waals surface area contributed by atoms with E-state index in [9.17, 15) is 12.8 Å². The van der Waals surface area contributed by atoms with Crippen LogP contribution in [0, 0.1) is 5.82 Å². The highest BCUT2D eigenvalue weighted by molar-refractivity contribution is 7.89. The van der Waals surface area contributed by atoms with Crippen molar-refractivity contribution in [3.8, 4) is 0 Å². The lowest BCUT2D eigenvalue weighted by atomic mass is 10.2. The van der Waals surface area contributed by atoms with Gasteiger partial charge in [0.15, 0.2) is 0 Å². The molecule has 0 aromatic heterocycles. The number of sulfonamides is 1. The van der Waals surface area contributed by atoms with Gasteiger partial charge in [-0.3, -0.25) is 0 Å². The number of hydrogen-bond donors (Lipinski definition) is 2. The third-order valence-corrected chi connectivity index (χ3v) is 4.74. The van der Waals surface area contributed by atoms with Gasteiger partial charge in [0.25, 0.3) is 0 Å². The van der Waals surface area contributed by atoms with Crippen molar-refractivity contribution in [3.05, 3.63) is 29.6 Å². The molecule has 1 aromatic rings. The summed E-state index contributed by atoms with van der Waals surface area (Å²) in [7, 11) is -3.80. The van der Waals surface area contributed by atoms with E-state index in [1.54, 1.807) is 13.0 Å². The van der Waals surface area contributed by atoms with Gasteiger partial charge in [0, 0.05) is 12.6 Å². The van der Waals surface area contributed by atoms with E-state index >= 15 is 0 Å². The van der Waals surface area contributed by atoms with Crippen molar-refractivity contribution in [2.24, 2.45) is 0 Å². The third-order valence-electron chi connectivity index (χ3n) is 3.12. The lowest BCUT2D eigenvalue weighted by Crippen LogP contribution is -2.33. The van der Waals surface area contributed by atoms with Crippen LogP contribution in [0.15, 0.2) is 23.1 Å². The van der Waals surface area contributed by atoms with Gasteiger partial charge in [-0.05, 0) is 44.0 Å². The third kappa shape index (κ3) is 5.73. The van der Waals surface area contributed by atoms with E-state index in [0.29, 0.717) is 6.54 Å². The van der Waals surface area contributed by atoms with Gasteiger partial charge in [-0.15, -0.1) is 0 Å². The molecule has 120 valence electrons. The summed E-state index contributed by atoms with van der Waals surface area (Å²) in [5, 5.41) is 3.15. The second-order valence-corrected chi connectivity index (χ2v) is 6.93. The van der Waals surface area contributed by atoms with Crippen LogP contribution in [0.4, 0.5) is 4.39 Å². The largest absolute Gasteiger partial charge is 0.313 e. The van der Waals surface area contributed by atoms with E-state index in [2.05, 4.69) is 10.0 Å². The second-order valence-electron chi connectivity index (χ2n) is 5.25. The molecule has 0 aliphatic carbocycles. The van der Waals surface area contributed by atoms with Gasteiger partial charge in [-0.2, -0.15) is 0 Å². The normalized spacial score (nSPS) is 13.3. The summed E-state index contributed by atoms with van der Waals surface area (Å²) < 4.78 is 40.8. The zero-order chi connectivity index (χ0) is 15.9.